The average molecular weight is 258 g/mol. The monoisotopic (exact) mass is 258 g/mol. The van der Waals surface area contributed by atoms with E-state index in [1.807, 2.05) is 0 Å². The molecule has 1 saturated carbocycles. The lowest BCUT2D eigenvalue weighted by Gasteiger charge is -2.27. The summed E-state index contributed by atoms with van der Waals surface area (Å²) >= 11 is 0. The van der Waals surface area contributed by atoms with Crippen LogP contribution < -0.4 is 10.6 Å². The number of nitrogens with one attached hydrogen (secondary N) is 2. The van der Waals surface area contributed by atoms with Crippen LogP contribution in [0.1, 0.15) is 39.5 Å². The van der Waals surface area contributed by atoms with E-state index in [1.165, 1.54) is 0 Å². The van der Waals surface area contributed by atoms with Crippen molar-refractivity contribution in [3.8, 4) is 0 Å². The summed E-state index contributed by atoms with van der Waals surface area (Å²) in [5, 5.41) is 23.5. The van der Waals surface area contributed by atoms with Gasteiger partial charge in [-0.3, -0.25) is 0 Å². The molecule has 0 heterocycles. The van der Waals surface area contributed by atoms with Crippen LogP contribution in [-0.2, 0) is 4.79 Å². The van der Waals surface area contributed by atoms with Crippen LogP contribution in [0.5, 0.6) is 0 Å². The van der Waals surface area contributed by atoms with Gasteiger partial charge in [0.15, 0.2) is 0 Å². The fraction of sp³-hybridized carbons (Fsp3) is 0.833. The van der Waals surface area contributed by atoms with Gasteiger partial charge in [-0.05, 0) is 31.6 Å². The molecule has 1 aliphatic rings. The van der Waals surface area contributed by atoms with Crippen molar-refractivity contribution >= 4 is 12.0 Å². The second-order valence-corrected chi connectivity index (χ2v) is 5.18. The second kappa shape index (κ2) is 6.58. The van der Waals surface area contributed by atoms with Gasteiger partial charge in [-0.15, -0.1) is 0 Å². The summed E-state index contributed by atoms with van der Waals surface area (Å²) in [6.45, 7) is 3.49. The van der Waals surface area contributed by atoms with Gasteiger partial charge in [-0.25, -0.2) is 9.59 Å². The molecule has 0 spiro atoms. The van der Waals surface area contributed by atoms with Crippen molar-refractivity contribution < 1.29 is 19.8 Å². The zero-order valence-corrected chi connectivity index (χ0v) is 10.8. The second-order valence-electron chi connectivity index (χ2n) is 5.18. The first-order valence-electron chi connectivity index (χ1n) is 6.38. The number of aliphatic hydroxyl groups is 1. The topological polar surface area (TPSA) is 98.7 Å². The van der Waals surface area contributed by atoms with Gasteiger partial charge >= 0.3 is 12.0 Å². The van der Waals surface area contributed by atoms with Gasteiger partial charge < -0.3 is 20.8 Å². The van der Waals surface area contributed by atoms with Gasteiger partial charge in [0.25, 0.3) is 0 Å². The van der Waals surface area contributed by atoms with Crippen LogP contribution in [-0.4, -0.2) is 40.4 Å². The predicted octanol–water partition coefficient (Wildman–Crippen LogP) is 0.698. The first-order chi connectivity index (χ1) is 8.40. The third kappa shape index (κ3) is 4.52. The normalized spacial score (nSPS) is 25.6. The Morgan fingerprint density at radius 2 is 1.72 bits per heavy atom. The maximum Gasteiger partial charge on any atom is 0.326 e. The zero-order chi connectivity index (χ0) is 13.7. The highest BCUT2D eigenvalue weighted by molar-refractivity contribution is 5.82. The van der Waals surface area contributed by atoms with Crippen molar-refractivity contribution in [3.63, 3.8) is 0 Å². The molecular weight excluding hydrogens is 236 g/mol. The van der Waals surface area contributed by atoms with E-state index in [4.69, 9.17) is 5.11 Å². The minimum atomic E-state index is -1.03. The summed E-state index contributed by atoms with van der Waals surface area (Å²) in [7, 11) is 0. The number of carboxylic acids is 1. The van der Waals surface area contributed by atoms with Crippen LogP contribution in [0.15, 0.2) is 0 Å². The number of carbonyl (C=O) groups is 2. The fourth-order valence-electron chi connectivity index (χ4n) is 2.10. The molecular formula is C12H22N2O4. The van der Waals surface area contributed by atoms with Gasteiger partial charge in [0.05, 0.1) is 6.10 Å². The molecule has 0 bridgehead atoms. The molecule has 1 fully saturated rings. The molecule has 0 saturated heterocycles. The summed E-state index contributed by atoms with van der Waals surface area (Å²) in [4.78, 5) is 22.6. The number of amides is 2. The highest BCUT2D eigenvalue weighted by Crippen LogP contribution is 2.18. The number of urea groups is 1. The minimum absolute atomic E-state index is 0.0232. The molecule has 0 aromatic rings. The van der Waals surface area contributed by atoms with E-state index in [0.717, 1.165) is 12.8 Å². The molecule has 4 N–H and O–H groups in total. The van der Waals surface area contributed by atoms with Crippen LogP contribution in [0.4, 0.5) is 4.79 Å². The van der Waals surface area contributed by atoms with Crippen molar-refractivity contribution in [1.82, 2.24) is 10.6 Å². The molecule has 1 atom stereocenters. The number of carbonyl (C=O) groups excluding carboxylic acids is 1. The molecule has 104 valence electrons. The minimum Gasteiger partial charge on any atom is -0.480 e. The van der Waals surface area contributed by atoms with Gasteiger partial charge in [0, 0.05) is 6.04 Å². The van der Waals surface area contributed by atoms with Crippen molar-refractivity contribution in [3.05, 3.63) is 0 Å². The first kappa shape index (κ1) is 14.8. The SMILES string of the molecule is CC(C)[C@H](NC(=O)NC1CCC(O)CC1)C(=O)O. The molecule has 1 aliphatic carbocycles. The summed E-state index contributed by atoms with van der Waals surface area (Å²) < 4.78 is 0. The van der Waals surface area contributed by atoms with Crippen molar-refractivity contribution in [2.24, 2.45) is 5.92 Å². The average Bonchev–Trinajstić information content (AvgIpc) is 2.28. The quantitative estimate of drug-likeness (QED) is 0.596. The molecule has 0 aromatic heterocycles. The number of carboxylic acid groups (broad SMARTS) is 1. The highest BCUT2D eigenvalue weighted by Gasteiger charge is 2.25. The van der Waals surface area contributed by atoms with Crippen LogP contribution in [0.3, 0.4) is 0 Å². The Hall–Kier alpha value is -1.30. The third-order valence-electron chi connectivity index (χ3n) is 3.25. The number of hydrogen-bond donors (Lipinski definition) is 4. The lowest BCUT2D eigenvalue weighted by atomic mass is 9.93. The van der Waals surface area contributed by atoms with E-state index in [-0.39, 0.29) is 18.1 Å². The van der Waals surface area contributed by atoms with Gasteiger partial charge in [0.2, 0.25) is 0 Å². The Labute approximate surface area is 107 Å². The summed E-state index contributed by atoms with van der Waals surface area (Å²) in [6, 6.07) is -1.30. The molecule has 2 amide bonds. The van der Waals surface area contributed by atoms with Gasteiger partial charge in [0.1, 0.15) is 6.04 Å². The Morgan fingerprint density at radius 3 is 2.17 bits per heavy atom. The molecule has 0 unspecified atom stereocenters. The number of aliphatic hydroxyl groups excluding tert-OH is 1. The lowest BCUT2D eigenvalue weighted by Crippen LogP contribution is -2.51. The Kier molecular flexibility index (Phi) is 5.40. The standard InChI is InChI=1S/C12H22N2O4/c1-7(2)10(11(16)17)14-12(18)13-8-3-5-9(15)6-4-8/h7-10,15H,3-6H2,1-2H3,(H,16,17)(H2,13,14,18)/t8?,9?,10-/m0/s1. The Balaban J connectivity index is 2.38. The Morgan fingerprint density at radius 1 is 1.17 bits per heavy atom. The summed E-state index contributed by atoms with van der Waals surface area (Å²) in [5.41, 5.74) is 0. The van der Waals surface area contributed by atoms with Gasteiger partial charge in [-0.2, -0.15) is 0 Å². The molecule has 0 aromatic carbocycles. The summed E-state index contributed by atoms with van der Waals surface area (Å²) in [6.07, 6.45) is 2.55. The van der Waals surface area contributed by atoms with E-state index in [9.17, 15) is 14.7 Å². The van der Waals surface area contributed by atoms with Crippen LogP contribution in [0, 0.1) is 5.92 Å². The third-order valence-corrected chi connectivity index (χ3v) is 3.25. The van der Waals surface area contributed by atoms with E-state index < -0.39 is 18.0 Å². The maximum absolute atomic E-state index is 11.7. The van der Waals surface area contributed by atoms with Gasteiger partial charge in [-0.1, -0.05) is 13.8 Å². The molecule has 6 nitrogen and oxygen atoms in total. The van der Waals surface area contributed by atoms with E-state index >= 15 is 0 Å². The van der Waals surface area contributed by atoms with E-state index in [0.29, 0.717) is 12.8 Å². The van der Waals surface area contributed by atoms with Crippen LogP contribution >= 0.6 is 0 Å². The summed E-state index contributed by atoms with van der Waals surface area (Å²) in [5.74, 6) is -1.19. The first-order valence-corrected chi connectivity index (χ1v) is 6.38. The zero-order valence-electron chi connectivity index (χ0n) is 10.8. The molecule has 6 heteroatoms. The molecule has 0 radical (unpaired) electrons. The maximum atomic E-state index is 11.7. The van der Waals surface area contributed by atoms with Crippen molar-refractivity contribution in [1.29, 1.82) is 0 Å². The largest absolute Gasteiger partial charge is 0.480 e. The molecule has 18 heavy (non-hydrogen) atoms. The Bertz CT molecular complexity index is 298. The molecule has 0 aliphatic heterocycles. The number of hydrogen-bond acceptors (Lipinski definition) is 3. The van der Waals surface area contributed by atoms with Crippen LogP contribution in [0.25, 0.3) is 0 Å². The highest BCUT2D eigenvalue weighted by atomic mass is 16.4. The molecule has 1 rings (SSSR count). The fourth-order valence-corrected chi connectivity index (χ4v) is 2.10. The smallest absolute Gasteiger partial charge is 0.326 e. The van der Waals surface area contributed by atoms with E-state index in [2.05, 4.69) is 10.6 Å². The van der Waals surface area contributed by atoms with Crippen molar-refractivity contribution in [2.75, 3.05) is 0 Å². The predicted molar refractivity (Wildman–Crippen MR) is 66.2 cm³/mol. The lowest BCUT2D eigenvalue weighted by molar-refractivity contribution is -0.140. The van der Waals surface area contributed by atoms with Crippen LogP contribution in [0.2, 0.25) is 0 Å². The van der Waals surface area contributed by atoms with E-state index in [1.54, 1.807) is 13.8 Å². The number of aliphatic carboxylic acids is 1. The van der Waals surface area contributed by atoms with Crippen molar-refractivity contribution in [2.45, 2.75) is 57.7 Å². The number of rotatable bonds is 4.